The summed E-state index contributed by atoms with van der Waals surface area (Å²) in [5, 5.41) is 2.58. The number of benzene rings is 3. The smallest absolute Gasteiger partial charge is 0.491 e. The van der Waals surface area contributed by atoms with Crippen molar-refractivity contribution in [2.75, 3.05) is 10.6 Å². The molecule has 4 aromatic rings. The molecule has 0 saturated heterocycles. The van der Waals surface area contributed by atoms with Gasteiger partial charge in [-0.1, -0.05) is 25.4 Å². The van der Waals surface area contributed by atoms with Crippen LogP contribution in [-0.2, 0) is 15.4 Å². The van der Waals surface area contributed by atoms with E-state index in [1.54, 1.807) is 51.3 Å². The first-order valence-corrected chi connectivity index (χ1v) is 15.1. The molecule has 0 aliphatic rings. The summed E-state index contributed by atoms with van der Waals surface area (Å²) in [4.78, 5) is 0. The van der Waals surface area contributed by atoms with E-state index >= 15 is 4.39 Å². The summed E-state index contributed by atoms with van der Waals surface area (Å²) in [6.07, 6.45) is -4.30. The SMILES string of the molecule is CC(C)Oc1cc(OC(F)(F)F)cc(C(C)(C)c2cc(Cl)cc(N(c3cc4ccsc4cc3F)S(C)(=O)=O)c2)c1. The fourth-order valence-electron chi connectivity index (χ4n) is 4.32. The Kier molecular flexibility index (Phi) is 8.05. The van der Waals surface area contributed by atoms with Gasteiger partial charge in [0, 0.05) is 21.2 Å². The summed E-state index contributed by atoms with van der Waals surface area (Å²) >= 11 is 7.77. The van der Waals surface area contributed by atoms with Gasteiger partial charge in [0.1, 0.15) is 17.3 Å². The van der Waals surface area contributed by atoms with E-state index in [0.29, 0.717) is 21.2 Å². The second-order valence-electron chi connectivity index (χ2n) is 10.0. The molecule has 40 heavy (non-hydrogen) atoms. The first kappa shape index (κ1) is 30.0. The first-order chi connectivity index (χ1) is 18.4. The molecule has 0 aliphatic carbocycles. The van der Waals surface area contributed by atoms with E-state index in [4.69, 9.17) is 16.3 Å². The van der Waals surface area contributed by atoms with Crippen LogP contribution in [0.4, 0.5) is 28.9 Å². The lowest BCUT2D eigenvalue weighted by Gasteiger charge is -2.30. The first-order valence-electron chi connectivity index (χ1n) is 12.0. The van der Waals surface area contributed by atoms with Crippen LogP contribution in [0.5, 0.6) is 11.5 Å². The number of sulfonamides is 1. The standard InChI is InChI=1S/C28H26ClF4NO4S2/c1-16(2)37-22-11-19(12-23(14-22)38-28(31,32)33)27(3,4)18-9-20(29)13-21(10-18)34(40(5,35)36)25-8-17-6-7-39-26(17)15-24(25)30/h6-16H,1-5H3. The number of hydrogen-bond acceptors (Lipinski definition) is 5. The van der Waals surface area contributed by atoms with Crippen LogP contribution < -0.4 is 13.8 Å². The van der Waals surface area contributed by atoms with Gasteiger partial charge in [0.15, 0.2) is 0 Å². The molecule has 0 saturated carbocycles. The fraction of sp³-hybridized carbons (Fsp3) is 0.286. The largest absolute Gasteiger partial charge is 0.573 e. The maximum atomic E-state index is 15.2. The molecule has 1 aromatic heterocycles. The van der Waals surface area contributed by atoms with E-state index in [-0.39, 0.29) is 28.3 Å². The number of rotatable bonds is 8. The summed E-state index contributed by atoms with van der Waals surface area (Å²) in [5.74, 6) is -1.06. The maximum absolute atomic E-state index is 15.2. The molecule has 0 aliphatic heterocycles. The van der Waals surface area contributed by atoms with Crippen molar-refractivity contribution in [3.8, 4) is 11.5 Å². The lowest BCUT2D eigenvalue weighted by atomic mass is 9.78. The number of halogens is 5. The van der Waals surface area contributed by atoms with E-state index in [9.17, 15) is 21.6 Å². The predicted molar refractivity (Wildman–Crippen MR) is 151 cm³/mol. The van der Waals surface area contributed by atoms with Gasteiger partial charge in [0.25, 0.3) is 0 Å². The molecule has 4 rings (SSSR count). The molecular formula is C28H26ClF4NO4S2. The van der Waals surface area contributed by atoms with Crippen LogP contribution in [0, 0.1) is 5.82 Å². The van der Waals surface area contributed by atoms with E-state index in [1.165, 1.54) is 41.7 Å². The Morgan fingerprint density at radius 2 is 1.60 bits per heavy atom. The van der Waals surface area contributed by atoms with Crippen LogP contribution in [0.1, 0.15) is 38.8 Å². The number of hydrogen-bond donors (Lipinski definition) is 0. The summed E-state index contributed by atoms with van der Waals surface area (Å²) in [6.45, 7) is 6.93. The number of ether oxygens (including phenoxy) is 2. The van der Waals surface area contributed by atoms with Crippen LogP contribution in [0.15, 0.2) is 60.0 Å². The van der Waals surface area contributed by atoms with E-state index in [1.807, 2.05) is 0 Å². The number of nitrogens with zero attached hydrogens (tertiary/aromatic N) is 1. The van der Waals surface area contributed by atoms with Crippen LogP contribution in [0.3, 0.4) is 0 Å². The average Bonchev–Trinajstić information content (AvgIpc) is 3.23. The minimum absolute atomic E-state index is 0.0629. The topological polar surface area (TPSA) is 55.8 Å². The zero-order valence-corrected chi connectivity index (χ0v) is 24.5. The third-order valence-electron chi connectivity index (χ3n) is 6.12. The molecule has 1 heterocycles. The zero-order valence-electron chi connectivity index (χ0n) is 22.1. The highest BCUT2D eigenvalue weighted by Crippen LogP contribution is 2.42. The van der Waals surface area contributed by atoms with Crippen molar-refractivity contribution in [3.63, 3.8) is 0 Å². The number of thiophene rings is 1. The van der Waals surface area contributed by atoms with Crippen LogP contribution in [-0.4, -0.2) is 27.1 Å². The normalized spacial score (nSPS) is 12.7. The van der Waals surface area contributed by atoms with E-state index in [2.05, 4.69) is 4.74 Å². The van der Waals surface area contributed by atoms with Crippen LogP contribution in [0.2, 0.25) is 5.02 Å². The van der Waals surface area contributed by atoms with Gasteiger partial charge in [-0.2, -0.15) is 0 Å². The molecule has 0 bridgehead atoms. The second kappa shape index (κ2) is 10.8. The molecule has 0 N–H and O–H groups in total. The van der Waals surface area contributed by atoms with Crippen molar-refractivity contribution in [2.24, 2.45) is 0 Å². The Labute approximate surface area is 239 Å². The summed E-state index contributed by atoms with van der Waals surface area (Å²) in [5.41, 5.74) is -0.311. The Balaban J connectivity index is 1.88. The van der Waals surface area contributed by atoms with Gasteiger partial charge in [-0.3, -0.25) is 0 Å². The molecule has 0 amide bonds. The van der Waals surface area contributed by atoms with Crippen molar-refractivity contribution in [1.82, 2.24) is 0 Å². The molecule has 0 atom stereocenters. The number of anilines is 2. The molecular weight excluding hydrogens is 590 g/mol. The van der Waals surface area contributed by atoms with Gasteiger partial charge in [0.2, 0.25) is 10.0 Å². The molecule has 0 spiro atoms. The van der Waals surface area contributed by atoms with Crippen LogP contribution >= 0.6 is 22.9 Å². The Bertz CT molecular complexity index is 1670. The Morgan fingerprint density at radius 1 is 0.950 bits per heavy atom. The third-order valence-corrected chi connectivity index (χ3v) is 8.29. The summed E-state index contributed by atoms with van der Waals surface area (Å²) in [6, 6.07) is 12.9. The summed E-state index contributed by atoms with van der Waals surface area (Å²) < 4.78 is 91.9. The van der Waals surface area contributed by atoms with Crippen molar-refractivity contribution in [2.45, 2.75) is 45.6 Å². The molecule has 12 heteroatoms. The van der Waals surface area contributed by atoms with Gasteiger partial charge < -0.3 is 9.47 Å². The number of alkyl halides is 3. The van der Waals surface area contributed by atoms with Gasteiger partial charge in [-0.05, 0) is 84.3 Å². The Hall–Kier alpha value is -3.02. The molecule has 0 unspecified atom stereocenters. The number of fused-ring (bicyclic) bond motifs is 1. The third kappa shape index (κ3) is 6.64. The van der Waals surface area contributed by atoms with Crippen molar-refractivity contribution in [1.29, 1.82) is 0 Å². The Morgan fingerprint density at radius 3 is 2.23 bits per heavy atom. The lowest BCUT2D eigenvalue weighted by Crippen LogP contribution is -2.27. The molecule has 214 valence electrons. The zero-order chi connectivity index (χ0) is 29.6. The van der Waals surface area contributed by atoms with Gasteiger partial charge in [-0.25, -0.2) is 17.1 Å². The minimum atomic E-state index is -4.93. The molecule has 5 nitrogen and oxygen atoms in total. The minimum Gasteiger partial charge on any atom is -0.491 e. The maximum Gasteiger partial charge on any atom is 0.573 e. The van der Waals surface area contributed by atoms with Gasteiger partial charge in [-0.15, -0.1) is 24.5 Å². The molecule has 3 aromatic carbocycles. The van der Waals surface area contributed by atoms with E-state index in [0.717, 1.165) is 16.6 Å². The van der Waals surface area contributed by atoms with E-state index < -0.39 is 33.4 Å². The predicted octanol–water partition coefficient (Wildman–Crippen LogP) is 8.80. The quantitative estimate of drug-likeness (QED) is 0.186. The van der Waals surface area contributed by atoms with Gasteiger partial charge >= 0.3 is 6.36 Å². The summed E-state index contributed by atoms with van der Waals surface area (Å²) in [7, 11) is -4.06. The highest BCUT2D eigenvalue weighted by Gasteiger charge is 2.33. The monoisotopic (exact) mass is 615 g/mol. The highest BCUT2D eigenvalue weighted by molar-refractivity contribution is 7.92. The highest BCUT2D eigenvalue weighted by atomic mass is 35.5. The van der Waals surface area contributed by atoms with Crippen LogP contribution in [0.25, 0.3) is 10.1 Å². The van der Waals surface area contributed by atoms with Gasteiger partial charge in [0.05, 0.1) is 23.7 Å². The molecule has 0 radical (unpaired) electrons. The second-order valence-corrected chi connectivity index (χ2v) is 13.2. The lowest BCUT2D eigenvalue weighted by molar-refractivity contribution is -0.274. The van der Waals surface area contributed by atoms with Crippen molar-refractivity contribution < 1.29 is 35.5 Å². The van der Waals surface area contributed by atoms with Crippen molar-refractivity contribution in [3.05, 3.63) is 81.9 Å². The molecule has 0 fully saturated rings. The fourth-order valence-corrected chi connectivity index (χ4v) is 6.33. The van der Waals surface area contributed by atoms with Crippen molar-refractivity contribution >= 4 is 54.4 Å². The average molecular weight is 616 g/mol.